The molecule has 5 rings (SSSR count). The summed E-state index contributed by atoms with van der Waals surface area (Å²) in [7, 11) is 0. The standard InChI is InChI=1S/C19H12Cl2N4O2/c20-10-5-6-14-11(7-10)19(18(27)23-14)8-16(26)24-17-12(19)9-22-25(17)15-4-2-1-3-13(15)21/h1-7,9H,8H2,(H,23,27)(H,24,26). The molecule has 1 unspecified atom stereocenters. The molecule has 1 spiro atoms. The molecule has 6 nitrogen and oxygen atoms in total. The number of carbonyl (C=O) groups is 2. The number of rotatable bonds is 1. The van der Waals surface area contributed by atoms with Gasteiger partial charge in [-0.15, -0.1) is 0 Å². The molecule has 1 aromatic heterocycles. The van der Waals surface area contributed by atoms with Crippen LogP contribution in [0.3, 0.4) is 0 Å². The summed E-state index contributed by atoms with van der Waals surface area (Å²) in [6.07, 6.45) is 1.58. The van der Waals surface area contributed by atoms with Gasteiger partial charge in [0.1, 0.15) is 11.2 Å². The van der Waals surface area contributed by atoms with E-state index in [1.54, 1.807) is 41.2 Å². The fourth-order valence-corrected chi connectivity index (χ4v) is 4.26. The van der Waals surface area contributed by atoms with Crippen molar-refractivity contribution >= 4 is 46.5 Å². The van der Waals surface area contributed by atoms with Gasteiger partial charge in [-0.25, -0.2) is 4.68 Å². The zero-order valence-electron chi connectivity index (χ0n) is 13.8. The normalized spacial score (nSPS) is 20.2. The smallest absolute Gasteiger partial charge is 0.240 e. The molecular weight excluding hydrogens is 387 g/mol. The lowest BCUT2D eigenvalue weighted by Gasteiger charge is -2.31. The molecule has 0 saturated carbocycles. The Morgan fingerprint density at radius 2 is 1.85 bits per heavy atom. The molecule has 2 aliphatic heterocycles. The highest BCUT2D eigenvalue weighted by Gasteiger charge is 2.54. The van der Waals surface area contributed by atoms with Crippen molar-refractivity contribution in [2.75, 3.05) is 10.6 Å². The second kappa shape index (κ2) is 5.58. The van der Waals surface area contributed by atoms with Gasteiger partial charge < -0.3 is 10.6 Å². The van der Waals surface area contributed by atoms with Crippen LogP contribution in [0.4, 0.5) is 11.5 Å². The van der Waals surface area contributed by atoms with E-state index in [-0.39, 0.29) is 18.2 Å². The molecule has 134 valence electrons. The molecule has 2 N–H and O–H groups in total. The van der Waals surface area contributed by atoms with Crippen LogP contribution in [0.15, 0.2) is 48.7 Å². The van der Waals surface area contributed by atoms with Gasteiger partial charge in [0.05, 0.1) is 16.9 Å². The molecular formula is C19H12Cl2N4O2. The number of fused-ring (bicyclic) bond motifs is 4. The molecule has 8 heteroatoms. The van der Waals surface area contributed by atoms with Crippen molar-refractivity contribution in [1.29, 1.82) is 0 Å². The Balaban J connectivity index is 1.79. The lowest BCUT2D eigenvalue weighted by atomic mass is 9.72. The second-order valence-corrected chi connectivity index (χ2v) is 7.39. The average molecular weight is 399 g/mol. The number of carbonyl (C=O) groups excluding carboxylic acids is 2. The molecule has 1 atom stereocenters. The van der Waals surface area contributed by atoms with Crippen LogP contribution >= 0.6 is 23.2 Å². The summed E-state index contributed by atoms with van der Waals surface area (Å²) < 4.78 is 1.55. The van der Waals surface area contributed by atoms with E-state index in [2.05, 4.69) is 15.7 Å². The number of anilines is 2. The van der Waals surface area contributed by atoms with E-state index in [0.717, 1.165) is 0 Å². The fourth-order valence-electron chi connectivity index (χ4n) is 3.87. The van der Waals surface area contributed by atoms with Crippen LogP contribution in [-0.4, -0.2) is 21.6 Å². The van der Waals surface area contributed by atoms with Gasteiger partial charge in [-0.3, -0.25) is 9.59 Å². The lowest BCUT2D eigenvalue weighted by Crippen LogP contribution is -2.43. The molecule has 3 heterocycles. The van der Waals surface area contributed by atoms with E-state index < -0.39 is 5.41 Å². The van der Waals surface area contributed by atoms with Gasteiger partial charge in [-0.2, -0.15) is 5.10 Å². The van der Waals surface area contributed by atoms with Gasteiger partial charge in [0.25, 0.3) is 0 Å². The van der Waals surface area contributed by atoms with Crippen LogP contribution in [-0.2, 0) is 15.0 Å². The van der Waals surface area contributed by atoms with Crippen molar-refractivity contribution in [2.24, 2.45) is 0 Å². The van der Waals surface area contributed by atoms with Crippen molar-refractivity contribution in [1.82, 2.24) is 9.78 Å². The molecule has 3 aromatic rings. The molecule has 0 saturated heterocycles. The van der Waals surface area contributed by atoms with E-state index in [9.17, 15) is 9.59 Å². The molecule has 0 aliphatic carbocycles. The lowest BCUT2D eigenvalue weighted by molar-refractivity contribution is -0.125. The summed E-state index contributed by atoms with van der Waals surface area (Å²) in [5.74, 6) is -0.115. The van der Waals surface area contributed by atoms with Crippen LogP contribution in [0, 0.1) is 0 Å². The summed E-state index contributed by atoms with van der Waals surface area (Å²) in [5, 5.41) is 11.1. The number of para-hydroxylation sites is 1. The minimum Gasteiger partial charge on any atom is -0.325 e. The number of nitrogens with zero attached hydrogens (tertiary/aromatic N) is 2. The zero-order chi connectivity index (χ0) is 18.8. The molecule has 27 heavy (non-hydrogen) atoms. The van der Waals surface area contributed by atoms with Gasteiger partial charge in [-0.05, 0) is 35.9 Å². The SMILES string of the molecule is O=C1CC2(C(=O)Nc3ccc(Cl)cc32)c2cnn(-c3ccccc3Cl)c2N1. The van der Waals surface area contributed by atoms with Crippen molar-refractivity contribution in [3.63, 3.8) is 0 Å². The van der Waals surface area contributed by atoms with E-state index in [1.165, 1.54) is 0 Å². The van der Waals surface area contributed by atoms with E-state index in [4.69, 9.17) is 23.2 Å². The summed E-state index contributed by atoms with van der Waals surface area (Å²) in [6.45, 7) is 0. The maximum atomic E-state index is 13.0. The average Bonchev–Trinajstić information content (AvgIpc) is 3.16. The van der Waals surface area contributed by atoms with Crippen LogP contribution in [0.25, 0.3) is 5.69 Å². The van der Waals surface area contributed by atoms with Crippen molar-refractivity contribution in [3.8, 4) is 5.69 Å². The van der Waals surface area contributed by atoms with Crippen molar-refractivity contribution in [2.45, 2.75) is 11.8 Å². The third-order valence-electron chi connectivity index (χ3n) is 5.07. The first kappa shape index (κ1) is 16.4. The summed E-state index contributed by atoms with van der Waals surface area (Å²) in [6, 6.07) is 12.3. The molecule has 2 aromatic carbocycles. The van der Waals surface area contributed by atoms with Gasteiger partial charge in [0, 0.05) is 22.7 Å². The largest absolute Gasteiger partial charge is 0.325 e. The number of amides is 2. The van der Waals surface area contributed by atoms with Crippen molar-refractivity contribution in [3.05, 3.63) is 69.8 Å². The Morgan fingerprint density at radius 1 is 1.04 bits per heavy atom. The van der Waals surface area contributed by atoms with E-state index in [1.807, 2.05) is 12.1 Å². The minimum atomic E-state index is -1.17. The highest BCUT2D eigenvalue weighted by molar-refractivity contribution is 6.32. The number of hydrogen-bond acceptors (Lipinski definition) is 3. The molecule has 0 fully saturated rings. The first-order chi connectivity index (χ1) is 13.0. The van der Waals surface area contributed by atoms with Gasteiger partial charge in [0.2, 0.25) is 11.8 Å². The number of nitrogens with one attached hydrogen (secondary N) is 2. The molecule has 0 radical (unpaired) electrons. The zero-order valence-corrected chi connectivity index (χ0v) is 15.3. The van der Waals surface area contributed by atoms with Gasteiger partial charge in [0.15, 0.2) is 0 Å². The van der Waals surface area contributed by atoms with Crippen molar-refractivity contribution < 1.29 is 9.59 Å². The Labute approximate surface area is 164 Å². The van der Waals surface area contributed by atoms with Crippen LogP contribution < -0.4 is 10.6 Å². The second-order valence-electron chi connectivity index (χ2n) is 6.54. The number of hydrogen-bond donors (Lipinski definition) is 2. The highest BCUT2D eigenvalue weighted by atomic mass is 35.5. The Morgan fingerprint density at radius 3 is 2.67 bits per heavy atom. The number of benzene rings is 2. The van der Waals surface area contributed by atoms with Crippen LogP contribution in [0.5, 0.6) is 0 Å². The predicted molar refractivity (Wildman–Crippen MR) is 103 cm³/mol. The minimum absolute atomic E-state index is 0.0204. The summed E-state index contributed by atoms with van der Waals surface area (Å²) in [4.78, 5) is 25.6. The molecule has 0 bridgehead atoms. The third kappa shape index (κ3) is 2.17. The monoisotopic (exact) mass is 398 g/mol. The predicted octanol–water partition coefficient (Wildman–Crippen LogP) is 3.76. The maximum absolute atomic E-state index is 13.0. The first-order valence-electron chi connectivity index (χ1n) is 8.25. The number of halogens is 2. The highest BCUT2D eigenvalue weighted by Crippen LogP contribution is 2.50. The number of aromatic nitrogens is 2. The third-order valence-corrected chi connectivity index (χ3v) is 5.63. The van der Waals surface area contributed by atoms with Gasteiger partial charge in [-0.1, -0.05) is 35.3 Å². The first-order valence-corrected chi connectivity index (χ1v) is 9.01. The maximum Gasteiger partial charge on any atom is 0.240 e. The van der Waals surface area contributed by atoms with E-state index in [0.29, 0.717) is 38.4 Å². The molecule has 2 aliphatic rings. The van der Waals surface area contributed by atoms with Crippen LogP contribution in [0.2, 0.25) is 10.0 Å². The molecule has 2 amide bonds. The Bertz CT molecular complexity index is 1140. The van der Waals surface area contributed by atoms with Crippen LogP contribution in [0.1, 0.15) is 17.5 Å². The van der Waals surface area contributed by atoms with Gasteiger partial charge >= 0.3 is 0 Å². The topological polar surface area (TPSA) is 76.0 Å². The summed E-state index contributed by atoms with van der Waals surface area (Å²) in [5.41, 5.74) is 1.38. The quantitative estimate of drug-likeness (QED) is 0.654. The Hall–Kier alpha value is -2.83. The summed E-state index contributed by atoms with van der Waals surface area (Å²) >= 11 is 12.5. The van der Waals surface area contributed by atoms with E-state index >= 15 is 0 Å². The Kier molecular flexibility index (Phi) is 3.38. The fraction of sp³-hybridized carbons (Fsp3) is 0.105.